The molecule has 0 aliphatic rings. The summed E-state index contributed by atoms with van der Waals surface area (Å²) in [6, 6.07) is 5.07. The minimum absolute atomic E-state index is 0.241. The van der Waals surface area contributed by atoms with E-state index in [1.807, 2.05) is 0 Å². The maximum atomic E-state index is 12.0. The van der Waals surface area contributed by atoms with Crippen LogP contribution in [0.4, 0.5) is 15.6 Å². The summed E-state index contributed by atoms with van der Waals surface area (Å²) in [7, 11) is 1.59. The Morgan fingerprint density at radius 2 is 2.19 bits per heavy atom. The predicted molar refractivity (Wildman–Crippen MR) is 106 cm³/mol. The van der Waals surface area contributed by atoms with Gasteiger partial charge in [0, 0.05) is 24.9 Å². The van der Waals surface area contributed by atoms with Crippen molar-refractivity contribution in [3.8, 4) is 10.8 Å². The molecule has 0 saturated carbocycles. The van der Waals surface area contributed by atoms with Gasteiger partial charge in [0.1, 0.15) is 5.75 Å². The first-order chi connectivity index (χ1) is 13.2. The summed E-state index contributed by atoms with van der Waals surface area (Å²) in [4.78, 5) is 26.5. The van der Waals surface area contributed by atoms with Gasteiger partial charge in [-0.3, -0.25) is 4.79 Å². The van der Waals surface area contributed by atoms with Crippen LogP contribution in [-0.2, 0) is 16.1 Å². The van der Waals surface area contributed by atoms with E-state index >= 15 is 0 Å². The van der Waals surface area contributed by atoms with E-state index in [1.165, 1.54) is 17.5 Å². The van der Waals surface area contributed by atoms with Crippen LogP contribution < -0.4 is 20.7 Å². The fraction of sp³-hybridized carbons (Fsp3) is 0.389. The van der Waals surface area contributed by atoms with Crippen molar-refractivity contribution in [2.75, 3.05) is 24.3 Å². The van der Waals surface area contributed by atoms with Gasteiger partial charge in [0.25, 0.3) is 0 Å². The number of anilines is 2. The van der Waals surface area contributed by atoms with E-state index < -0.39 is 0 Å². The Morgan fingerprint density at radius 3 is 2.93 bits per heavy atom. The highest BCUT2D eigenvalue weighted by atomic mass is 32.1. The Balaban J connectivity index is 2.01. The van der Waals surface area contributed by atoms with E-state index in [4.69, 9.17) is 9.47 Å². The number of hydrogen-bond acceptors (Lipinski definition) is 6. The molecule has 3 N–H and O–H groups in total. The molecule has 0 spiro atoms. The monoisotopic (exact) mass is 392 g/mol. The highest BCUT2D eigenvalue weighted by molar-refractivity contribution is 7.17. The van der Waals surface area contributed by atoms with Gasteiger partial charge in [0.2, 0.25) is 11.5 Å². The zero-order chi connectivity index (χ0) is 19.5. The lowest BCUT2D eigenvalue weighted by Gasteiger charge is -2.12. The molecule has 0 aliphatic heterocycles. The summed E-state index contributed by atoms with van der Waals surface area (Å²) in [5.41, 5.74) is 1.43. The Bertz CT molecular complexity index is 751. The maximum Gasteiger partial charge on any atom is 0.319 e. The normalized spacial score (nSPS) is 10.3. The van der Waals surface area contributed by atoms with Gasteiger partial charge >= 0.3 is 6.03 Å². The largest absolute Gasteiger partial charge is 0.445 e. The Labute approximate surface area is 162 Å². The molecular formula is C18H24N4O4S. The topological polar surface area (TPSA) is 102 Å². The smallest absolute Gasteiger partial charge is 0.319 e. The third kappa shape index (κ3) is 6.87. The summed E-state index contributed by atoms with van der Waals surface area (Å²) >= 11 is 1.21. The SMILES string of the molecule is CCCCCNC(=O)Nc1ccc(Oc2cnc(NC=O)s2)c(COC)c1. The minimum Gasteiger partial charge on any atom is -0.445 e. The second-order valence-electron chi connectivity index (χ2n) is 5.69. The first-order valence-electron chi connectivity index (χ1n) is 8.66. The lowest BCUT2D eigenvalue weighted by atomic mass is 10.2. The molecule has 3 amide bonds. The van der Waals surface area contributed by atoms with Crippen LogP contribution in [-0.4, -0.2) is 31.1 Å². The van der Waals surface area contributed by atoms with Crippen LogP contribution in [0.25, 0.3) is 0 Å². The molecule has 0 atom stereocenters. The first-order valence-corrected chi connectivity index (χ1v) is 9.48. The number of methoxy groups -OCH3 is 1. The molecule has 0 fully saturated rings. The molecule has 2 aromatic rings. The zero-order valence-electron chi connectivity index (χ0n) is 15.4. The summed E-state index contributed by atoms with van der Waals surface area (Å²) in [5.74, 6) is 0.590. The van der Waals surface area contributed by atoms with Crippen LogP contribution in [0.15, 0.2) is 24.4 Å². The van der Waals surface area contributed by atoms with Crippen molar-refractivity contribution in [1.29, 1.82) is 0 Å². The molecule has 2 rings (SSSR count). The third-order valence-electron chi connectivity index (χ3n) is 3.56. The lowest BCUT2D eigenvalue weighted by Crippen LogP contribution is -2.29. The van der Waals surface area contributed by atoms with Crippen molar-refractivity contribution in [2.45, 2.75) is 32.8 Å². The highest BCUT2D eigenvalue weighted by Gasteiger charge is 2.10. The van der Waals surface area contributed by atoms with Crippen LogP contribution in [0.5, 0.6) is 10.8 Å². The summed E-state index contributed by atoms with van der Waals surface area (Å²) in [6.07, 6.45) is 5.25. The number of nitrogens with one attached hydrogen (secondary N) is 3. The molecule has 0 saturated heterocycles. The fourth-order valence-corrected chi connectivity index (χ4v) is 2.95. The van der Waals surface area contributed by atoms with Crippen molar-refractivity contribution < 1.29 is 19.1 Å². The predicted octanol–water partition coefficient (Wildman–Crippen LogP) is 3.96. The van der Waals surface area contributed by atoms with Crippen molar-refractivity contribution in [1.82, 2.24) is 10.3 Å². The van der Waals surface area contributed by atoms with Gasteiger partial charge in [-0.15, -0.1) is 0 Å². The number of carbonyl (C=O) groups excluding carboxylic acids is 2. The number of carbonyl (C=O) groups is 2. The van der Waals surface area contributed by atoms with Gasteiger partial charge in [-0.05, 0) is 24.6 Å². The summed E-state index contributed by atoms with van der Waals surface area (Å²) in [5, 5.41) is 9.10. The standard InChI is InChI=1S/C18H24N4O4S/c1-3-4-5-8-19-17(24)22-14-6-7-15(13(9-14)11-25-2)26-16-10-20-18(27-16)21-12-23/h6-7,9-10,12H,3-5,8,11H2,1-2H3,(H2,19,22,24)(H,20,21,23). The van der Waals surface area contributed by atoms with Gasteiger partial charge in [0.05, 0.1) is 12.8 Å². The van der Waals surface area contributed by atoms with Gasteiger partial charge in [0.15, 0.2) is 5.13 Å². The van der Waals surface area contributed by atoms with Crippen LogP contribution in [0.3, 0.4) is 0 Å². The van der Waals surface area contributed by atoms with Crippen LogP contribution in [0.1, 0.15) is 31.7 Å². The van der Waals surface area contributed by atoms with Crippen molar-refractivity contribution >= 4 is 34.6 Å². The third-order valence-corrected chi connectivity index (χ3v) is 4.37. The molecule has 1 aromatic heterocycles. The van der Waals surface area contributed by atoms with Crippen LogP contribution >= 0.6 is 11.3 Å². The molecule has 146 valence electrons. The fourth-order valence-electron chi connectivity index (χ4n) is 2.31. The number of thiazole rings is 1. The average Bonchev–Trinajstić information content (AvgIpc) is 3.09. The lowest BCUT2D eigenvalue weighted by molar-refractivity contribution is -0.105. The molecule has 0 radical (unpaired) electrons. The van der Waals surface area contributed by atoms with Gasteiger partial charge in [-0.25, -0.2) is 9.78 Å². The van der Waals surface area contributed by atoms with Crippen LogP contribution in [0.2, 0.25) is 0 Å². The number of benzene rings is 1. The number of amides is 3. The minimum atomic E-state index is -0.241. The van der Waals surface area contributed by atoms with E-state index in [1.54, 1.807) is 25.3 Å². The number of unbranched alkanes of at least 4 members (excludes halogenated alkanes) is 2. The average molecular weight is 392 g/mol. The molecule has 8 nitrogen and oxygen atoms in total. The molecule has 0 aliphatic carbocycles. The molecule has 1 aromatic carbocycles. The van der Waals surface area contributed by atoms with E-state index in [2.05, 4.69) is 27.9 Å². The number of ether oxygens (including phenoxy) is 2. The molecule has 27 heavy (non-hydrogen) atoms. The number of rotatable bonds is 11. The molecule has 9 heteroatoms. The van der Waals surface area contributed by atoms with E-state index in [0.717, 1.165) is 24.8 Å². The number of urea groups is 1. The van der Waals surface area contributed by atoms with E-state index in [9.17, 15) is 9.59 Å². The Kier molecular flexibility index (Phi) is 8.53. The second kappa shape index (κ2) is 11.1. The number of aromatic nitrogens is 1. The Hall–Kier alpha value is -2.65. The highest BCUT2D eigenvalue weighted by Crippen LogP contribution is 2.33. The van der Waals surface area contributed by atoms with Gasteiger partial charge in [-0.1, -0.05) is 31.1 Å². The molecule has 1 heterocycles. The maximum absolute atomic E-state index is 12.0. The summed E-state index contributed by atoms with van der Waals surface area (Å²) in [6.45, 7) is 3.09. The van der Waals surface area contributed by atoms with Crippen molar-refractivity contribution in [3.63, 3.8) is 0 Å². The first kappa shape index (κ1) is 20.7. The van der Waals surface area contributed by atoms with Crippen LogP contribution in [0, 0.1) is 0 Å². The van der Waals surface area contributed by atoms with E-state index in [-0.39, 0.29) is 6.03 Å². The van der Waals surface area contributed by atoms with Crippen molar-refractivity contribution in [2.24, 2.45) is 0 Å². The molecule has 0 bridgehead atoms. The number of hydrogen-bond donors (Lipinski definition) is 3. The Morgan fingerprint density at radius 1 is 1.33 bits per heavy atom. The van der Waals surface area contributed by atoms with E-state index in [0.29, 0.717) is 41.2 Å². The number of nitrogens with zero attached hydrogens (tertiary/aromatic N) is 1. The zero-order valence-corrected chi connectivity index (χ0v) is 16.2. The van der Waals surface area contributed by atoms with Crippen molar-refractivity contribution in [3.05, 3.63) is 30.0 Å². The molecule has 0 unspecified atom stereocenters. The quantitative estimate of drug-likeness (QED) is 0.397. The summed E-state index contributed by atoms with van der Waals surface area (Å²) < 4.78 is 11.1. The molecular weight excluding hydrogens is 368 g/mol. The van der Waals surface area contributed by atoms with Gasteiger partial charge in [-0.2, -0.15) is 0 Å². The second-order valence-corrected chi connectivity index (χ2v) is 6.69. The van der Waals surface area contributed by atoms with Gasteiger partial charge < -0.3 is 25.4 Å².